The van der Waals surface area contributed by atoms with Gasteiger partial charge in [0.15, 0.2) is 0 Å². The van der Waals surface area contributed by atoms with Gasteiger partial charge in [0.2, 0.25) is 0 Å². The number of aromatic amines is 2. The van der Waals surface area contributed by atoms with E-state index in [0.29, 0.717) is 0 Å². The first-order valence-electron chi connectivity index (χ1n) is 9.56. The molecule has 0 fully saturated rings. The third kappa shape index (κ3) is 2.71. The highest BCUT2D eigenvalue weighted by Crippen LogP contribution is 2.36. The predicted molar refractivity (Wildman–Crippen MR) is 120 cm³/mol. The van der Waals surface area contributed by atoms with Crippen molar-refractivity contribution < 1.29 is 0 Å². The Morgan fingerprint density at radius 1 is 0.833 bits per heavy atom. The second kappa shape index (κ2) is 6.60. The molecule has 0 aliphatic rings. The molecule has 0 saturated heterocycles. The van der Waals surface area contributed by atoms with Crippen LogP contribution < -0.4 is 0 Å². The molecule has 6 rings (SSSR count). The molecule has 30 heavy (non-hydrogen) atoms. The first kappa shape index (κ1) is 17.1. The number of H-pyrrole nitrogens is 2. The summed E-state index contributed by atoms with van der Waals surface area (Å²) >= 11 is 1.75. The zero-order chi connectivity index (χ0) is 20.1. The van der Waals surface area contributed by atoms with Gasteiger partial charge in [0.25, 0.3) is 0 Å². The van der Waals surface area contributed by atoms with Gasteiger partial charge in [-0.2, -0.15) is 5.10 Å². The normalized spacial score (nSPS) is 11.5. The predicted octanol–water partition coefficient (Wildman–Crippen LogP) is 5.60. The van der Waals surface area contributed by atoms with Crippen molar-refractivity contribution in [3.63, 3.8) is 0 Å². The lowest BCUT2D eigenvalue weighted by atomic mass is 10.1. The maximum Gasteiger partial charge on any atom is 0.116 e. The Kier molecular flexibility index (Phi) is 3.75. The largest absolute Gasteiger partial charge is 0.353 e. The van der Waals surface area contributed by atoms with E-state index in [1.54, 1.807) is 29.9 Å². The van der Waals surface area contributed by atoms with Crippen LogP contribution >= 0.6 is 11.3 Å². The standard InChI is InChI=1S/C23H16N6S/c1-13-2-5-21(30-13)23-16-11-19(27-17(16)6-7-26-23)22-15-10-14(3-4-18(15)28-29-22)20-12-24-8-9-25-20/h2-12,27H,1H3,(H,28,29). The number of hydrogen-bond acceptors (Lipinski definition) is 5. The second-order valence-corrected chi connectivity index (χ2v) is 8.43. The van der Waals surface area contributed by atoms with E-state index in [1.807, 2.05) is 24.4 Å². The van der Waals surface area contributed by atoms with Crippen LogP contribution in [-0.2, 0) is 0 Å². The number of aryl methyl sites for hydroxylation is 1. The summed E-state index contributed by atoms with van der Waals surface area (Å²) in [5.41, 5.74) is 6.68. The van der Waals surface area contributed by atoms with E-state index >= 15 is 0 Å². The zero-order valence-corrected chi connectivity index (χ0v) is 16.9. The van der Waals surface area contributed by atoms with E-state index in [1.165, 1.54) is 9.75 Å². The van der Waals surface area contributed by atoms with Gasteiger partial charge in [0.05, 0.1) is 33.7 Å². The number of rotatable bonds is 3. The Bertz CT molecular complexity index is 1510. The van der Waals surface area contributed by atoms with Crippen LogP contribution in [0.25, 0.3) is 55.0 Å². The summed E-state index contributed by atoms with van der Waals surface area (Å²) in [5.74, 6) is 0. The average Bonchev–Trinajstić information content (AvgIpc) is 3.51. The summed E-state index contributed by atoms with van der Waals surface area (Å²) in [7, 11) is 0. The summed E-state index contributed by atoms with van der Waals surface area (Å²) in [4.78, 5) is 19.2. The molecule has 5 heterocycles. The summed E-state index contributed by atoms with van der Waals surface area (Å²) in [6, 6.07) is 14.6. The fourth-order valence-corrected chi connectivity index (χ4v) is 4.64. The molecule has 0 spiro atoms. The van der Waals surface area contributed by atoms with Crippen molar-refractivity contribution in [3.8, 4) is 33.2 Å². The maximum atomic E-state index is 4.65. The minimum Gasteiger partial charge on any atom is -0.353 e. The fourth-order valence-electron chi connectivity index (χ4n) is 3.77. The highest BCUT2D eigenvalue weighted by molar-refractivity contribution is 7.15. The molecule has 0 atom stereocenters. The Hall–Kier alpha value is -3.84. The number of nitrogens with zero attached hydrogens (tertiary/aromatic N) is 4. The molecule has 0 radical (unpaired) electrons. The Balaban J connectivity index is 1.52. The third-order valence-electron chi connectivity index (χ3n) is 5.20. The van der Waals surface area contributed by atoms with Crippen LogP contribution in [0.3, 0.4) is 0 Å². The lowest BCUT2D eigenvalue weighted by molar-refractivity contribution is 1.12. The van der Waals surface area contributed by atoms with Crippen LogP contribution in [0.15, 0.2) is 67.3 Å². The van der Waals surface area contributed by atoms with Gasteiger partial charge in [-0.3, -0.25) is 20.1 Å². The molecule has 0 bridgehead atoms. The van der Waals surface area contributed by atoms with Crippen LogP contribution in [0.1, 0.15) is 4.88 Å². The lowest BCUT2D eigenvalue weighted by Crippen LogP contribution is -1.84. The Morgan fingerprint density at radius 2 is 1.77 bits per heavy atom. The first-order chi connectivity index (χ1) is 14.8. The van der Waals surface area contributed by atoms with Crippen LogP contribution in [0.4, 0.5) is 0 Å². The van der Waals surface area contributed by atoms with Gasteiger partial charge in [-0.25, -0.2) is 0 Å². The molecule has 144 valence electrons. The number of pyridine rings is 1. The van der Waals surface area contributed by atoms with Crippen molar-refractivity contribution in [2.75, 3.05) is 0 Å². The molecule has 6 aromatic rings. The van der Waals surface area contributed by atoms with Gasteiger partial charge in [0.1, 0.15) is 5.69 Å². The number of thiophene rings is 1. The summed E-state index contributed by atoms with van der Waals surface area (Å²) in [6.45, 7) is 2.11. The molecule has 6 nitrogen and oxygen atoms in total. The number of hydrogen-bond donors (Lipinski definition) is 2. The van der Waals surface area contributed by atoms with Crippen molar-refractivity contribution in [2.24, 2.45) is 0 Å². The van der Waals surface area contributed by atoms with Crippen LogP contribution in [0.2, 0.25) is 0 Å². The van der Waals surface area contributed by atoms with Gasteiger partial charge in [-0.15, -0.1) is 11.3 Å². The van der Waals surface area contributed by atoms with Gasteiger partial charge in [0, 0.05) is 45.3 Å². The van der Waals surface area contributed by atoms with Gasteiger partial charge in [-0.05, 0) is 43.3 Å². The molecule has 1 aromatic carbocycles. The highest BCUT2D eigenvalue weighted by Gasteiger charge is 2.15. The lowest BCUT2D eigenvalue weighted by Gasteiger charge is -2.00. The summed E-state index contributed by atoms with van der Waals surface area (Å²) in [6.07, 6.45) is 7.00. The molecule has 0 unspecified atom stereocenters. The van der Waals surface area contributed by atoms with E-state index in [-0.39, 0.29) is 0 Å². The second-order valence-electron chi connectivity index (χ2n) is 7.14. The average molecular weight is 408 g/mol. The molecule has 7 heteroatoms. The molecule has 0 amide bonds. The zero-order valence-electron chi connectivity index (χ0n) is 16.0. The molecular weight excluding hydrogens is 392 g/mol. The van der Waals surface area contributed by atoms with Crippen LogP contribution in [0.5, 0.6) is 0 Å². The highest BCUT2D eigenvalue weighted by atomic mass is 32.1. The van der Waals surface area contributed by atoms with Gasteiger partial charge >= 0.3 is 0 Å². The Morgan fingerprint density at radius 3 is 2.60 bits per heavy atom. The molecule has 0 saturated carbocycles. The molecule has 0 aliphatic heterocycles. The molecular formula is C23H16N6S. The number of nitrogens with one attached hydrogen (secondary N) is 2. The van der Waals surface area contributed by atoms with E-state index in [4.69, 9.17) is 0 Å². The first-order valence-corrected chi connectivity index (χ1v) is 10.4. The molecule has 2 N–H and O–H groups in total. The number of benzene rings is 1. The minimum absolute atomic E-state index is 0.836. The van der Waals surface area contributed by atoms with E-state index < -0.39 is 0 Å². The van der Waals surface area contributed by atoms with Crippen LogP contribution in [-0.4, -0.2) is 30.1 Å². The van der Waals surface area contributed by atoms with E-state index in [2.05, 4.69) is 61.3 Å². The van der Waals surface area contributed by atoms with Crippen LogP contribution in [0, 0.1) is 6.92 Å². The fraction of sp³-hybridized carbons (Fsp3) is 0.0435. The number of aromatic nitrogens is 6. The Labute approximate surface area is 175 Å². The van der Waals surface area contributed by atoms with Crippen molar-refractivity contribution >= 4 is 33.1 Å². The molecule has 5 aromatic heterocycles. The van der Waals surface area contributed by atoms with Crippen molar-refractivity contribution in [1.29, 1.82) is 0 Å². The van der Waals surface area contributed by atoms with Crippen molar-refractivity contribution in [2.45, 2.75) is 6.92 Å². The monoisotopic (exact) mass is 408 g/mol. The van der Waals surface area contributed by atoms with Gasteiger partial charge in [-0.1, -0.05) is 6.07 Å². The van der Waals surface area contributed by atoms with Crippen molar-refractivity contribution in [1.82, 2.24) is 30.1 Å². The van der Waals surface area contributed by atoms with E-state index in [0.717, 1.165) is 50.1 Å². The summed E-state index contributed by atoms with van der Waals surface area (Å²) < 4.78 is 0. The smallest absolute Gasteiger partial charge is 0.116 e. The summed E-state index contributed by atoms with van der Waals surface area (Å²) in [5, 5.41) is 9.86. The topological polar surface area (TPSA) is 83.1 Å². The molecule has 0 aliphatic carbocycles. The SMILES string of the molecule is Cc1ccc(-c2nccc3[nH]c(-c4n[nH]c5ccc(-c6cnccn6)cc45)cc23)s1. The quantitative estimate of drug-likeness (QED) is 0.399. The van der Waals surface area contributed by atoms with Crippen molar-refractivity contribution in [3.05, 3.63) is 72.1 Å². The van der Waals surface area contributed by atoms with E-state index in [9.17, 15) is 0 Å². The maximum absolute atomic E-state index is 4.65. The third-order valence-corrected chi connectivity index (χ3v) is 6.21. The van der Waals surface area contributed by atoms with Gasteiger partial charge < -0.3 is 4.98 Å². The number of fused-ring (bicyclic) bond motifs is 2. The minimum atomic E-state index is 0.836.